The van der Waals surface area contributed by atoms with Crippen LogP contribution in [0.25, 0.3) is 0 Å². The summed E-state index contributed by atoms with van der Waals surface area (Å²) in [6, 6.07) is -1.01. The minimum Gasteiger partial charge on any atom is -0.394 e. The molecule has 5 N–H and O–H groups in total. The van der Waals surface area contributed by atoms with Crippen LogP contribution < -0.4 is 5.32 Å². The lowest BCUT2D eigenvalue weighted by Gasteiger charge is -2.27. The maximum atomic E-state index is 12.5. The topological polar surface area (TPSA) is 110 Å². The number of hydrogen-bond acceptors (Lipinski definition) is 5. The molecule has 61 heavy (non-hydrogen) atoms. The number of rotatable bonds is 48. The number of nitrogens with one attached hydrogen (secondary N) is 1. The second kappa shape index (κ2) is 49.3. The Bertz CT molecular complexity index is 1010. The molecule has 0 radical (unpaired) electrons. The highest BCUT2D eigenvalue weighted by atomic mass is 16.3. The van der Waals surface area contributed by atoms with Crippen LogP contribution in [0.3, 0.4) is 0 Å². The van der Waals surface area contributed by atoms with Gasteiger partial charge in [0, 0.05) is 0 Å². The van der Waals surface area contributed by atoms with Gasteiger partial charge in [-0.05, 0) is 83.5 Å². The van der Waals surface area contributed by atoms with Gasteiger partial charge < -0.3 is 25.7 Å². The van der Waals surface area contributed by atoms with Crippen LogP contribution in [0.15, 0.2) is 48.6 Å². The molecule has 0 saturated heterocycles. The molecule has 1 amide bonds. The lowest BCUT2D eigenvalue weighted by molar-refractivity contribution is -0.132. The smallest absolute Gasteiger partial charge is 0.249 e. The van der Waals surface area contributed by atoms with Crippen molar-refractivity contribution in [3.63, 3.8) is 0 Å². The fourth-order valence-electron chi connectivity index (χ4n) is 8.09. The first-order valence-corrected chi connectivity index (χ1v) is 26.5. The van der Waals surface area contributed by atoms with Gasteiger partial charge in [-0.2, -0.15) is 0 Å². The second-order valence-electron chi connectivity index (χ2n) is 18.2. The maximum absolute atomic E-state index is 12.5. The van der Waals surface area contributed by atoms with Crippen LogP contribution in [0.1, 0.15) is 264 Å². The van der Waals surface area contributed by atoms with Gasteiger partial charge in [-0.25, -0.2) is 0 Å². The zero-order chi connectivity index (χ0) is 44.5. The lowest BCUT2D eigenvalue weighted by atomic mass is 10.00. The molecule has 4 atom stereocenters. The number of hydrogen-bond donors (Lipinski definition) is 5. The molecule has 358 valence electrons. The molecule has 0 rings (SSSR count). The summed E-state index contributed by atoms with van der Waals surface area (Å²) in [4.78, 5) is 12.5. The van der Waals surface area contributed by atoms with Gasteiger partial charge in [0.1, 0.15) is 12.2 Å². The van der Waals surface area contributed by atoms with Gasteiger partial charge in [-0.1, -0.05) is 229 Å². The minimum absolute atomic E-state index is 0.359. The summed E-state index contributed by atoms with van der Waals surface area (Å²) in [5.74, 6) is -0.599. The van der Waals surface area contributed by atoms with Crippen molar-refractivity contribution in [1.29, 1.82) is 0 Å². The Morgan fingerprint density at radius 3 is 1.11 bits per heavy atom. The average Bonchev–Trinajstić information content (AvgIpc) is 3.26. The molecule has 0 spiro atoms. The third-order valence-corrected chi connectivity index (χ3v) is 12.2. The molecule has 0 aliphatic heterocycles. The Morgan fingerprint density at radius 2 is 0.738 bits per heavy atom. The summed E-state index contributed by atoms with van der Waals surface area (Å²) in [6.45, 7) is 3.94. The van der Waals surface area contributed by atoms with Gasteiger partial charge in [0.2, 0.25) is 5.91 Å². The Balaban J connectivity index is 3.59. The molecule has 6 nitrogen and oxygen atoms in total. The van der Waals surface area contributed by atoms with E-state index in [0.717, 1.165) is 57.8 Å². The molecule has 4 unspecified atom stereocenters. The number of carbonyl (C=O) groups is 1. The third-order valence-electron chi connectivity index (χ3n) is 12.2. The van der Waals surface area contributed by atoms with Crippen LogP contribution in [0.2, 0.25) is 0 Å². The number of unbranched alkanes of at least 4 members (excludes halogenated alkanes) is 31. The Labute approximate surface area is 379 Å². The van der Waals surface area contributed by atoms with E-state index < -0.39 is 36.9 Å². The molecular formula is C55H103NO5. The van der Waals surface area contributed by atoms with Crippen molar-refractivity contribution in [1.82, 2.24) is 5.32 Å². The molecule has 0 aliphatic rings. The molecule has 0 aromatic carbocycles. The van der Waals surface area contributed by atoms with E-state index in [4.69, 9.17) is 0 Å². The van der Waals surface area contributed by atoms with Crippen molar-refractivity contribution < 1.29 is 25.2 Å². The Morgan fingerprint density at radius 1 is 0.410 bits per heavy atom. The first kappa shape index (κ1) is 59.3. The molecule has 0 aliphatic carbocycles. The first-order valence-electron chi connectivity index (χ1n) is 26.5. The van der Waals surface area contributed by atoms with Crippen molar-refractivity contribution in [2.45, 2.75) is 289 Å². The van der Waals surface area contributed by atoms with E-state index >= 15 is 0 Å². The van der Waals surface area contributed by atoms with Crippen LogP contribution >= 0.6 is 0 Å². The van der Waals surface area contributed by atoms with Crippen LogP contribution in [0.5, 0.6) is 0 Å². The Hall–Kier alpha value is -1.73. The van der Waals surface area contributed by atoms with Gasteiger partial charge in [0.15, 0.2) is 0 Å². The molecule has 0 fully saturated rings. The van der Waals surface area contributed by atoms with Gasteiger partial charge in [-0.3, -0.25) is 4.79 Å². The van der Waals surface area contributed by atoms with Gasteiger partial charge in [0.05, 0.1) is 18.8 Å². The molecular weight excluding hydrogens is 755 g/mol. The highest BCUT2D eigenvalue weighted by Crippen LogP contribution is 2.17. The third kappa shape index (κ3) is 43.3. The number of aliphatic hydroxyl groups excluding tert-OH is 4. The number of amides is 1. The molecule has 0 saturated carbocycles. The standard InChI is InChI=1S/C55H103NO5/c1-3-5-7-9-11-13-15-17-18-19-20-21-22-23-24-25-26-27-28-29-30-31-32-33-34-35-37-39-41-43-45-47-49-53(59)55(61)56-51(50-57)54(60)52(58)48-46-44-42-40-38-36-16-14-12-10-8-6-4-2/h6,8,14,16,23-24,40,42,51-54,57-60H,3-5,7,9-13,15,17-22,25-39,41,43-50H2,1-2H3,(H,56,61)/b8-6+,16-14+,24-23-,42-40+. The highest BCUT2D eigenvalue weighted by Gasteiger charge is 2.28. The van der Waals surface area contributed by atoms with E-state index in [1.165, 1.54) is 173 Å². The van der Waals surface area contributed by atoms with Crippen LogP contribution in [-0.4, -0.2) is 57.3 Å². The largest absolute Gasteiger partial charge is 0.394 e. The predicted octanol–water partition coefficient (Wildman–Crippen LogP) is 15.0. The SMILES string of the molecule is CC/C=C/CC/C=C/CC/C=C/CCCC(O)C(O)C(CO)NC(=O)C(O)CCCCCCCCCCCCCCCCCC/C=C\CCCCCCCCCCCCCC. The number of aliphatic hydroxyl groups is 4. The van der Waals surface area contributed by atoms with Crippen molar-refractivity contribution >= 4 is 5.91 Å². The van der Waals surface area contributed by atoms with Crippen LogP contribution in [-0.2, 0) is 4.79 Å². The quantitative estimate of drug-likeness (QED) is 0.0309. The van der Waals surface area contributed by atoms with E-state index in [9.17, 15) is 25.2 Å². The van der Waals surface area contributed by atoms with Gasteiger partial charge >= 0.3 is 0 Å². The number of carbonyl (C=O) groups excluding carboxylic acids is 1. The molecule has 6 heteroatoms. The molecule has 0 aromatic heterocycles. The van der Waals surface area contributed by atoms with E-state index in [1.807, 2.05) is 0 Å². The zero-order valence-electron chi connectivity index (χ0n) is 40.4. The summed E-state index contributed by atoms with van der Waals surface area (Å²) in [5.41, 5.74) is 0. The highest BCUT2D eigenvalue weighted by molar-refractivity contribution is 5.80. The van der Waals surface area contributed by atoms with E-state index in [-0.39, 0.29) is 0 Å². The van der Waals surface area contributed by atoms with Crippen molar-refractivity contribution in [2.75, 3.05) is 6.61 Å². The Kier molecular flexibility index (Phi) is 47.9. The van der Waals surface area contributed by atoms with Crippen molar-refractivity contribution in [2.24, 2.45) is 0 Å². The van der Waals surface area contributed by atoms with E-state index in [0.29, 0.717) is 19.3 Å². The van der Waals surface area contributed by atoms with Crippen LogP contribution in [0, 0.1) is 0 Å². The summed E-state index contributed by atoms with van der Waals surface area (Å²) in [5, 5.41) is 43.7. The van der Waals surface area contributed by atoms with Crippen LogP contribution in [0.4, 0.5) is 0 Å². The zero-order valence-corrected chi connectivity index (χ0v) is 40.4. The van der Waals surface area contributed by atoms with E-state index in [1.54, 1.807) is 0 Å². The summed E-state index contributed by atoms with van der Waals surface area (Å²) >= 11 is 0. The van der Waals surface area contributed by atoms with Crippen molar-refractivity contribution in [3.05, 3.63) is 48.6 Å². The van der Waals surface area contributed by atoms with Gasteiger partial charge in [-0.15, -0.1) is 0 Å². The minimum atomic E-state index is -1.29. The normalized spacial score (nSPS) is 14.3. The summed E-state index contributed by atoms with van der Waals surface area (Å²) in [6.07, 6.45) is 61.9. The first-order chi connectivity index (χ1) is 30.0. The fourth-order valence-corrected chi connectivity index (χ4v) is 8.09. The van der Waals surface area contributed by atoms with E-state index in [2.05, 4.69) is 67.8 Å². The monoisotopic (exact) mass is 858 g/mol. The predicted molar refractivity (Wildman–Crippen MR) is 265 cm³/mol. The van der Waals surface area contributed by atoms with Gasteiger partial charge in [0.25, 0.3) is 0 Å². The lowest BCUT2D eigenvalue weighted by Crippen LogP contribution is -2.53. The average molecular weight is 858 g/mol. The summed E-state index contributed by atoms with van der Waals surface area (Å²) in [7, 11) is 0. The second-order valence-corrected chi connectivity index (χ2v) is 18.2. The van der Waals surface area contributed by atoms with Crippen molar-refractivity contribution in [3.8, 4) is 0 Å². The molecule has 0 bridgehead atoms. The summed E-state index contributed by atoms with van der Waals surface area (Å²) < 4.78 is 0. The number of allylic oxidation sites excluding steroid dienone is 8. The maximum Gasteiger partial charge on any atom is 0.249 e. The fraction of sp³-hybridized carbons (Fsp3) is 0.836. The molecule has 0 aromatic rings. The molecule has 0 heterocycles.